The summed E-state index contributed by atoms with van der Waals surface area (Å²) in [5.41, 5.74) is -2.27. The third-order valence-corrected chi connectivity index (χ3v) is 11.4. The van der Waals surface area contributed by atoms with E-state index in [0.29, 0.717) is 37.3 Å². The number of aliphatic hydroxyl groups is 1. The normalized spacial score (nSPS) is 29.0. The summed E-state index contributed by atoms with van der Waals surface area (Å²) in [6, 6.07) is 5.69. The van der Waals surface area contributed by atoms with Crippen LogP contribution in [-0.2, 0) is 19.1 Å². The van der Waals surface area contributed by atoms with E-state index >= 15 is 9.59 Å². The van der Waals surface area contributed by atoms with Gasteiger partial charge < -0.3 is 29.3 Å². The Morgan fingerprint density at radius 1 is 1.10 bits per heavy atom. The monoisotopic (exact) mass is 679 g/mol. The quantitative estimate of drug-likeness (QED) is 0.220. The molecular weight excluding hydrogens is 618 g/mol. The number of hydrogen-bond acceptors (Lipinski definition) is 6. The van der Waals surface area contributed by atoms with E-state index in [1.165, 1.54) is 0 Å². The number of carbonyl (C=O) groups excluding carboxylic acids is 3. The van der Waals surface area contributed by atoms with Gasteiger partial charge in [0.05, 0.1) is 36.7 Å². The van der Waals surface area contributed by atoms with Gasteiger partial charge in [-0.25, -0.2) is 0 Å². The Hall–Kier alpha value is -3.17. The summed E-state index contributed by atoms with van der Waals surface area (Å²) >= 11 is 0. The lowest BCUT2D eigenvalue weighted by Gasteiger charge is -2.47. The lowest BCUT2D eigenvalue weighted by molar-refractivity contribution is -0.160. The Balaban J connectivity index is 1.90. The molecule has 1 N–H and O–H groups in total. The first-order valence-corrected chi connectivity index (χ1v) is 18.1. The third-order valence-electron chi connectivity index (χ3n) is 11.4. The third kappa shape index (κ3) is 6.69. The molecule has 3 amide bonds. The molecule has 8 atom stereocenters. The minimum atomic E-state index is -1.25. The molecule has 1 spiro atoms. The van der Waals surface area contributed by atoms with E-state index in [-0.39, 0.29) is 54.7 Å². The number of carbonyl (C=O) groups is 3. The van der Waals surface area contributed by atoms with E-state index in [4.69, 9.17) is 9.47 Å². The summed E-state index contributed by atoms with van der Waals surface area (Å²) in [7, 11) is 0. The fourth-order valence-electron chi connectivity index (χ4n) is 9.32. The van der Waals surface area contributed by atoms with Gasteiger partial charge in [-0.3, -0.25) is 14.4 Å². The van der Waals surface area contributed by atoms with Crippen molar-refractivity contribution in [2.24, 2.45) is 29.1 Å². The number of fused-ring (bicyclic) bond motifs is 1. The SMILES string of the molecule is C=CCN(C(=O)[C@@H]1[C@H]2C(=O)N([C@@H](CO)[C@@H](C)CC)C(C(=O)N(CC=C)C(C)(C)CC(C)(C)C)C23CC(C)[C@@]1(C)O3)c1ccc(OCC)cc1. The van der Waals surface area contributed by atoms with E-state index in [9.17, 15) is 9.90 Å². The zero-order chi connectivity index (χ0) is 36.7. The number of benzene rings is 1. The number of hydrogen-bond donors (Lipinski definition) is 1. The minimum absolute atomic E-state index is 0.0864. The van der Waals surface area contributed by atoms with Crippen LogP contribution in [0.4, 0.5) is 5.69 Å². The molecule has 1 aromatic carbocycles. The highest BCUT2D eigenvalue weighted by molar-refractivity contribution is 6.03. The highest BCUT2D eigenvalue weighted by Crippen LogP contribution is 2.66. The van der Waals surface area contributed by atoms with Gasteiger partial charge in [0, 0.05) is 24.3 Å². The average Bonchev–Trinajstić information content (AvgIpc) is 3.54. The summed E-state index contributed by atoms with van der Waals surface area (Å²) in [4.78, 5) is 50.5. The average molecular weight is 680 g/mol. The van der Waals surface area contributed by atoms with E-state index in [1.807, 2.05) is 56.9 Å². The van der Waals surface area contributed by atoms with Crippen LogP contribution in [0.5, 0.6) is 5.75 Å². The molecule has 3 unspecified atom stereocenters. The van der Waals surface area contributed by atoms with E-state index < -0.39 is 40.7 Å². The highest BCUT2D eigenvalue weighted by atomic mass is 16.5. The van der Waals surface area contributed by atoms with Crippen LogP contribution in [-0.4, -0.2) is 87.8 Å². The van der Waals surface area contributed by atoms with Crippen molar-refractivity contribution in [1.82, 2.24) is 9.80 Å². The maximum atomic E-state index is 15.3. The van der Waals surface area contributed by atoms with Crippen molar-refractivity contribution in [1.29, 1.82) is 0 Å². The molecule has 3 fully saturated rings. The van der Waals surface area contributed by atoms with Crippen molar-refractivity contribution < 1.29 is 29.0 Å². The van der Waals surface area contributed by atoms with Gasteiger partial charge in [0.2, 0.25) is 17.7 Å². The van der Waals surface area contributed by atoms with E-state index in [1.54, 1.807) is 22.0 Å². The van der Waals surface area contributed by atoms with Gasteiger partial charge in [-0.1, -0.05) is 60.1 Å². The second kappa shape index (κ2) is 14.2. The molecule has 49 heavy (non-hydrogen) atoms. The van der Waals surface area contributed by atoms with Crippen LogP contribution in [0.1, 0.15) is 88.5 Å². The number of amides is 3. The largest absolute Gasteiger partial charge is 0.494 e. The van der Waals surface area contributed by atoms with Gasteiger partial charge in [0.25, 0.3) is 0 Å². The molecule has 3 heterocycles. The van der Waals surface area contributed by atoms with Crippen molar-refractivity contribution in [3.8, 4) is 5.75 Å². The highest BCUT2D eigenvalue weighted by Gasteiger charge is 2.81. The lowest BCUT2D eigenvalue weighted by Crippen LogP contribution is -2.63. The number of likely N-dealkylation sites (tertiary alicyclic amines) is 1. The van der Waals surface area contributed by atoms with Crippen LogP contribution in [0, 0.1) is 29.1 Å². The van der Waals surface area contributed by atoms with Crippen LogP contribution >= 0.6 is 0 Å². The number of anilines is 1. The molecule has 2 bridgehead atoms. The zero-order valence-corrected chi connectivity index (χ0v) is 31.6. The van der Waals surface area contributed by atoms with Crippen LogP contribution in [0.2, 0.25) is 0 Å². The Morgan fingerprint density at radius 3 is 2.22 bits per heavy atom. The number of ether oxygens (including phenoxy) is 2. The standard InChI is InChI=1S/C40H61N3O6/c1-13-21-41(28-17-19-29(20-18-28)48-16-4)34(45)31-32-35(46)43(30(24-44)26(5)15-3)33(40(32)23-27(6)39(31,12)49-40)36(47)42(22-14-2)38(10,11)25-37(7,8)9/h13-14,17-20,26-27,30-33,44H,1-2,15-16,21-25H2,3-12H3/t26-,27?,30-,31-,32-,33?,39+,40?/m0/s1. The first-order valence-electron chi connectivity index (χ1n) is 18.1. The summed E-state index contributed by atoms with van der Waals surface area (Å²) in [5.74, 6) is -2.07. The van der Waals surface area contributed by atoms with Gasteiger partial charge in [0.15, 0.2) is 0 Å². The van der Waals surface area contributed by atoms with Crippen LogP contribution in [0.25, 0.3) is 0 Å². The molecule has 0 aliphatic carbocycles. The molecular formula is C40H61N3O6. The van der Waals surface area contributed by atoms with Gasteiger partial charge in [-0.15, -0.1) is 13.2 Å². The Bertz CT molecular complexity index is 1400. The fraction of sp³-hybridized carbons (Fsp3) is 0.675. The molecule has 0 saturated carbocycles. The van der Waals surface area contributed by atoms with Gasteiger partial charge in [-0.05, 0) is 82.1 Å². The molecule has 4 rings (SSSR count). The first kappa shape index (κ1) is 38.6. The lowest BCUT2D eigenvalue weighted by atomic mass is 9.62. The maximum absolute atomic E-state index is 15.3. The summed E-state index contributed by atoms with van der Waals surface area (Å²) in [5, 5.41) is 10.9. The molecule has 3 saturated heterocycles. The summed E-state index contributed by atoms with van der Waals surface area (Å²) in [6.07, 6.45) is 5.25. The first-order chi connectivity index (χ1) is 22.9. The Kier molecular flexibility index (Phi) is 11.2. The number of aliphatic hydroxyl groups excluding tert-OH is 1. The second-order valence-corrected chi connectivity index (χ2v) is 16.5. The van der Waals surface area contributed by atoms with E-state index in [2.05, 4.69) is 54.7 Å². The van der Waals surface area contributed by atoms with Crippen LogP contribution in [0.3, 0.4) is 0 Å². The predicted octanol–water partition coefficient (Wildman–Crippen LogP) is 6.25. The van der Waals surface area contributed by atoms with Gasteiger partial charge in [-0.2, -0.15) is 0 Å². The predicted molar refractivity (Wildman–Crippen MR) is 194 cm³/mol. The molecule has 0 aromatic heterocycles. The molecule has 3 aliphatic rings. The van der Waals surface area contributed by atoms with Crippen LogP contribution < -0.4 is 9.64 Å². The summed E-state index contributed by atoms with van der Waals surface area (Å²) < 4.78 is 12.7. The molecule has 1 aromatic rings. The summed E-state index contributed by atoms with van der Waals surface area (Å²) in [6.45, 7) is 29.1. The van der Waals surface area contributed by atoms with E-state index in [0.717, 1.165) is 0 Å². The van der Waals surface area contributed by atoms with Gasteiger partial charge in [0.1, 0.15) is 17.4 Å². The van der Waals surface area contributed by atoms with Crippen LogP contribution in [0.15, 0.2) is 49.6 Å². The van der Waals surface area contributed by atoms with Crippen molar-refractivity contribution in [2.45, 2.75) is 117 Å². The number of rotatable bonds is 15. The second-order valence-electron chi connectivity index (χ2n) is 16.5. The minimum Gasteiger partial charge on any atom is -0.494 e. The fourth-order valence-corrected chi connectivity index (χ4v) is 9.32. The van der Waals surface area contributed by atoms with Crippen molar-refractivity contribution in [3.05, 3.63) is 49.6 Å². The van der Waals surface area contributed by atoms with Crippen molar-refractivity contribution >= 4 is 23.4 Å². The van der Waals surface area contributed by atoms with Crippen molar-refractivity contribution in [3.63, 3.8) is 0 Å². The van der Waals surface area contributed by atoms with Crippen molar-refractivity contribution in [2.75, 3.05) is 31.2 Å². The topological polar surface area (TPSA) is 99.6 Å². The smallest absolute Gasteiger partial charge is 0.249 e. The number of nitrogens with zero attached hydrogens (tertiary/aromatic N) is 3. The zero-order valence-electron chi connectivity index (χ0n) is 31.6. The molecule has 3 aliphatic heterocycles. The Labute approximate surface area is 294 Å². The molecule has 272 valence electrons. The maximum Gasteiger partial charge on any atom is 0.249 e. The van der Waals surface area contributed by atoms with Gasteiger partial charge >= 0.3 is 0 Å². The Morgan fingerprint density at radius 2 is 1.71 bits per heavy atom. The molecule has 0 radical (unpaired) electrons. The molecule has 9 nitrogen and oxygen atoms in total. The molecule has 9 heteroatoms.